The molecule has 0 aromatic carbocycles. The molecule has 0 aromatic heterocycles. The van der Waals surface area contributed by atoms with Crippen LogP contribution in [-0.4, -0.2) is 120 Å². The van der Waals surface area contributed by atoms with Crippen molar-refractivity contribution in [3.8, 4) is 0 Å². The first-order chi connectivity index (χ1) is 22.2. The molecule has 16 atom stereocenters. The van der Waals surface area contributed by atoms with Crippen LogP contribution < -0.4 is 0 Å². The molecule has 2 bridgehead atoms. The number of epoxide rings is 1. The van der Waals surface area contributed by atoms with E-state index in [-0.39, 0.29) is 19.6 Å². The van der Waals surface area contributed by atoms with E-state index in [0.29, 0.717) is 12.0 Å². The van der Waals surface area contributed by atoms with Crippen molar-refractivity contribution in [1.29, 1.82) is 0 Å². The maximum atomic E-state index is 14.0. The van der Waals surface area contributed by atoms with Crippen LogP contribution >= 0.6 is 0 Å². The number of esters is 3. The second-order valence-corrected chi connectivity index (χ2v) is 15.0. The molecule has 1 spiro atoms. The Hall–Kier alpha value is -2.59. The van der Waals surface area contributed by atoms with Gasteiger partial charge in [-0.3, -0.25) is 4.79 Å². The number of hydrogen-bond donors (Lipinski definition) is 3. The van der Waals surface area contributed by atoms with E-state index < -0.39 is 112 Å². The Morgan fingerprint density at radius 1 is 1.02 bits per heavy atom. The molecule has 0 radical (unpaired) electrons. The van der Waals surface area contributed by atoms with Crippen molar-refractivity contribution in [1.82, 2.24) is 0 Å². The Morgan fingerprint density at radius 3 is 2.45 bits per heavy atom. The second-order valence-electron chi connectivity index (χ2n) is 15.0. The normalized spacial score (nSPS) is 56.1. The maximum absolute atomic E-state index is 14.0. The molecule has 4 saturated heterocycles. The largest absolute Gasteiger partial charge is 0.469 e. The standard InChI is InChI=1S/C33H42O14/c1-7-14(2)24(36)45-17-11-16(34)30-12-44-20(25(37)40-5)21(30)28(3,23(35)19-22(30)31(17,13-43-19)26(38)41-6)33-18-10-15(29(33,4)47-33)32(39)8-9-42-27(32)46-18/h7-9,15-23,27,34-35,39H,10-13H2,1-6H3/b14-7-/t15-,16+,17-,18+,19-,20+,21+,22-,23-,27+,28+,29+,30-,31+,32+,33+/m1/s1. The van der Waals surface area contributed by atoms with Crippen molar-refractivity contribution in [2.75, 3.05) is 27.4 Å². The monoisotopic (exact) mass is 662 g/mol. The zero-order valence-corrected chi connectivity index (χ0v) is 27.2. The molecule has 5 aliphatic heterocycles. The van der Waals surface area contributed by atoms with Gasteiger partial charge in [0.2, 0.25) is 6.29 Å². The van der Waals surface area contributed by atoms with E-state index >= 15 is 0 Å². The van der Waals surface area contributed by atoms with E-state index in [1.54, 1.807) is 32.9 Å². The molecule has 3 N–H and O–H groups in total. The van der Waals surface area contributed by atoms with Crippen molar-refractivity contribution >= 4 is 17.9 Å². The Bertz CT molecular complexity index is 1490. The van der Waals surface area contributed by atoms with Gasteiger partial charge in [-0.05, 0) is 33.3 Å². The summed E-state index contributed by atoms with van der Waals surface area (Å²) in [7, 11) is 2.45. The van der Waals surface area contributed by atoms with E-state index in [1.807, 2.05) is 6.92 Å². The maximum Gasteiger partial charge on any atom is 0.335 e. The number of aliphatic hydroxyl groups excluding tert-OH is 2. The van der Waals surface area contributed by atoms with Crippen molar-refractivity contribution in [3.63, 3.8) is 0 Å². The van der Waals surface area contributed by atoms with Crippen LogP contribution in [-0.2, 0) is 52.3 Å². The molecule has 0 aromatic rings. The summed E-state index contributed by atoms with van der Waals surface area (Å²) in [5.41, 5.74) is -8.08. The van der Waals surface area contributed by atoms with Gasteiger partial charge in [0.25, 0.3) is 0 Å². The van der Waals surface area contributed by atoms with E-state index in [2.05, 4.69) is 0 Å². The molecule has 8 rings (SSSR count). The molecule has 8 aliphatic rings. The number of carbonyl (C=O) groups is 3. The smallest absolute Gasteiger partial charge is 0.335 e. The molecular formula is C33H42O14. The third kappa shape index (κ3) is 3.20. The summed E-state index contributed by atoms with van der Waals surface area (Å²) in [4.78, 5) is 40.8. The lowest BCUT2D eigenvalue weighted by molar-refractivity contribution is -0.295. The Labute approximate surface area is 271 Å². The zero-order valence-electron chi connectivity index (χ0n) is 27.2. The Morgan fingerprint density at radius 2 is 1.77 bits per heavy atom. The zero-order chi connectivity index (χ0) is 33.7. The second kappa shape index (κ2) is 9.55. The van der Waals surface area contributed by atoms with E-state index in [0.717, 1.165) is 0 Å². The Kier molecular flexibility index (Phi) is 6.44. The van der Waals surface area contributed by atoms with Crippen LogP contribution in [0.1, 0.15) is 40.5 Å². The molecule has 5 heterocycles. The minimum Gasteiger partial charge on any atom is -0.469 e. The predicted molar refractivity (Wildman–Crippen MR) is 154 cm³/mol. The first-order valence-electron chi connectivity index (χ1n) is 16.2. The number of rotatable bonds is 5. The summed E-state index contributed by atoms with van der Waals surface area (Å²) >= 11 is 0. The fraction of sp³-hybridized carbons (Fsp3) is 0.788. The minimum absolute atomic E-state index is 0.196. The third-order valence-corrected chi connectivity index (χ3v) is 13.8. The predicted octanol–water partition coefficient (Wildman–Crippen LogP) is -0.0939. The summed E-state index contributed by atoms with van der Waals surface area (Å²) in [5.74, 6) is -4.66. The van der Waals surface area contributed by atoms with Crippen molar-refractivity contribution in [3.05, 3.63) is 24.0 Å². The highest BCUT2D eigenvalue weighted by Gasteiger charge is 2.95. The van der Waals surface area contributed by atoms with E-state index in [9.17, 15) is 29.7 Å². The molecule has 3 saturated carbocycles. The lowest BCUT2D eigenvalue weighted by atomic mass is 9.38. The minimum atomic E-state index is -1.66. The topological polar surface area (TPSA) is 189 Å². The van der Waals surface area contributed by atoms with Gasteiger partial charge in [-0.2, -0.15) is 0 Å². The van der Waals surface area contributed by atoms with Gasteiger partial charge in [0.15, 0.2) is 11.7 Å². The highest BCUT2D eigenvalue weighted by Crippen LogP contribution is 2.82. The van der Waals surface area contributed by atoms with E-state index in [1.165, 1.54) is 20.5 Å². The first kappa shape index (κ1) is 31.7. The third-order valence-electron chi connectivity index (χ3n) is 13.8. The molecule has 14 heteroatoms. The van der Waals surface area contributed by atoms with Gasteiger partial charge < -0.3 is 53.2 Å². The number of hydrogen-bond acceptors (Lipinski definition) is 14. The number of allylic oxidation sites excluding steroid dienone is 1. The summed E-state index contributed by atoms with van der Waals surface area (Å²) < 4.78 is 48.0. The van der Waals surface area contributed by atoms with Crippen LogP contribution in [0.15, 0.2) is 24.0 Å². The average molecular weight is 663 g/mol. The molecule has 258 valence electrons. The fourth-order valence-corrected chi connectivity index (χ4v) is 11.7. The lowest BCUT2D eigenvalue weighted by Crippen LogP contribution is -2.77. The van der Waals surface area contributed by atoms with Gasteiger partial charge in [0.05, 0.1) is 58.1 Å². The summed E-state index contributed by atoms with van der Waals surface area (Å²) in [6, 6.07) is 0. The Balaban J connectivity index is 1.32. The van der Waals surface area contributed by atoms with Crippen molar-refractivity contribution < 1.29 is 67.6 Å². The molecule has 14 nitrogen and oxygen atoms in total. The number of methoxy groups -OCH3 is 2. The number of ether oxygens (including phenoxy) is 8. The number of carbonyl (C=O) groups excluding carboxylic acids is 3. The summed E-state index contributed by atoms with van der Waals surface area (Å²) in [5, 5.41) is 36.9. The van der Waals surface area contributed by atoms with E-state index in [4.69, 9.17) is 37.9 Å². The molecule has 7 fully saturated rings. The molecule has 3 aliphatic carbocycles. The SMILES string of the molecule is C/C=C(/C)C(=O)O[C@@H]1C[C@H](O)[C@]23CO[C@H](C(=O)OC)[C@H]2[C@](C)([C@]24O[C@@]2(C)[C@H]2C[C@@H]4O[C@@H]4OC=C[C@@]42O)[C@H](O)[C@@H]2OC[C@@]1(C(=O)OC)[C@H]23. The van der Waals surface area contributed by atoms with Gasteiger partial charge in [0, 0.05) is 40.6 Å². The van der Waals surface area contributed by atoms with Gasteiger partial charge >= 0.3 is 17.9 Å². The van der Waals surface area contributed by atoms with Crippen LogP contribution in [0.25, 0.3) is 0 Å². The first-order valence-corrected chi connectivity index (χ1v) is 16.2. The van der Waals surface area contributed by atoms with Crippen LogP contribution in [0.5, 0.6) is 0 Å². The van der Waals surface area contributed by atoms with Gasteiger partial charge in [-0.15, -0.1) is 0 Å². The fourth-order valence-electron chi connectivity index (χ4n) is 11.7. The molecule has 0 amide bonds. The highest BCUT2D eigenvalue weighted by molar-refractivity contribution is 5.88. The number of aliphatic hydroxyl groups is 3. The van der Waals surface area contributed by atoms with Crippen LogP contribution in [0.2, 0.25) is 0 Å². The average Bonchev–Trinajstić information content (AvgIpc) is 3.49. The molecule has 47 heavy (non-hydrogen) atoms. The molecular weight excluding hydrogens is 620 g/mol. The van der Waals surface area contributed by atoms with Crippen LogP contribution in [0, 0.1) is 34.0 Å². The summed E-state index contributed by atoms with van der Waals surface area (Å²) in [6.45, 7) is 6.42. The van der Waals surface area contributed by atoms with Gasteiger partial charge in [-0.1, -0.05) is 13.0 Å². The van der Waals surface area contributed by atoms with Crippen molar-refractivity contribution in [2.24, 2.45) is 34.0 Å². The van der Waals surface area contributed by atoms with Gasteiger partial charge in [0.1, 0.15) is 22.7 Å². The van der Waals surface area contributed by atoms with Crippen LogP contribution in [0.3, 0.4) is 0 Å². The van der Waals surface area contributed by atoms with Crippen LogP contribution in [0.4, 0.5) is 0 Å². The number of fused-ring (bicyclic) bond motifs is 7. The lowest BCUT2D eigenvalue weighted by Gasteiger charge is -2.65. The highest BCUT2D eigenvalue weighted by atomic mass is 16.7. The van der Waals surface area contributed by atoms with Crippen molar-refractivity contribution in [2.45, 2.75) is 100 Å². The quantitative estimate of drug-likeness (QED) is 0.153. The molecule has 0 unspecified atom stereocenters. The summed E-state index contributed by atoms with van der Waals surface area (Å²) in [6.07, 6.45) is -3.30. The van der Waals surface area contributed by atoms with Gasteiger partial charge in [-0.25, -0.2) is 9.59 Å².